The lowest BCUT2D eigenvalue weighted by Crippen LogP contribution is -2.40. The van der Waals surface area contributed by atoms with E-state index in [1.54, 1.807) is 25.1 Å². The van der Waals surface area contributed by atoms with Gasteiger partial charge in [-0.1, -0.05) is 54.6 Å². The summed E-state index contributed by atoms with van der Waals surface area (Å²) in [5.74, 6) is 1.61. The van der Waals surface area contributed by atoms with Gasteiger partial charge >= 0.3 is 6.09 Å². The van der Waals surface area contributed by atoms with E-state index in [9.17, 15) is 9.90 Å². The summed E-state index contributed by atoms with van der Waals surface area (Å²) in [5.41, 5.74) is 8.33. The van der Waals surface area contributed by atoms with Crippen molar-refractivity contribution in [1.82, 2.24) is 24.8 Å². The van der Waals surface area contributed by atoms with Crippen LogP contribution in [0, 0.1) is 11.3 Å². The number of ether oxygens (including phenoxy) is 6. The maximum Gasteiger partial charge on any atom is 0.407 e. The third-order valence-corrected chi connectivity index (χ3v) is 9.46. The number of nitrogens with one attached hydrogen (secondary N) is 1. The van der Waals surface area contributed by atoms with Crippen molar-refractivity contribution in [1.29, 1.82) is 5.26 Å². The monoisotopic (exact) mass is 751 g/mol. The van der Waals surface area contributed by atoms with Crippen molar-refractivity contribution in [2.24, 2.45) is 0 Å². The maximum atomic E-state index is 11.9. The third kappa shape index (κ3) is 8.79. The van der Waals surface area contributed by atoms with Gasteiger partial charge in [0.2, 0.25) is 0 Å². The summed E-state index contributed by atoms with van der Waals surface area (Å²) in [5, 5.41) is 23.2. The molecule has 0 radical (unpaired) electrons. The number of carbonyl (C=O) groups is 1. The first-order chi connectivity index (χ1) is 26.9. The van der Waals surface area contributed by atoms with Crippen LogP contribution >= 0.6 is 0 Å². The summed E-state index contributed by atoms with van der Waals surface area (Å²) in [6, 6.07) is 27.2. The number of rotatable bonds is 18. The smallest absolute Gasteiger partial charge is 0.407 e. The molecule has 0 saturated carbocycles. The van der Waals surface area contributed by atoms with Crippen LogP contribution in [0.4, 0.5) is 10.6 Å². The predicted molar refractivity (Wildman–Crippen MR) is 201 cm³/mol. The fourth-order valence-corrected chi connectivity index (χ4v) is 6.65. The Kier molecular flexibility index (Phi) is 13.1. The molecule has 1 aliphatic rings. The number of amides is 1. The Morgan fingerprint density at radius 1 is 0.927 bits per heavy atom. The number of hydrogen-bond acceptors (Lipinski definition) is 13. The quantitative estimate of drug-likeness (QED) is 0.0809. The van der Waals surface area contributed by atoms with Crippen LogP contribution in [0.2, 0.25) is 0 Å². The maximum absolute atomic E-state index is 11.9. The number of aliphatic hydroxyl groups is 1. The summed E-state index contributed by atoms with van der Waals surface area (Å²) in [6.45, 7) is 0.730. The lowest BCUT2D eigenvalue weighted by molar-refractivity contribution is -0.0961. The van der Waals surface area contributed by atoms with Crippen LogP contribution in [0.5, 0.6) is 11.5 Å². The molecule has 3 heterocycles. The third-order valence-electron chi connectivity index (χ3n) is 9.46. The molecule has 1 saturated heterocycles. The van der Waals surface area contributed by atoms with Gasteiger partial charge in [0.15, 0.2) is 17.7 Å². The molecule has 0 spiro atoms. The van der Waals surface area contributed by atoms with Crippen molar-refractivity contribution < 1.29 is 38.3 Å². The van der Waals surface area contributed by atoms with Crippen molar-refractivity contribution in [2.45, 2.75) is 55.8 Å². The highest BCUT2D eigenvalue weighted by Gasteiger charge is 2.48. The van der Waals surface area contributed by atoms with Crippen LogP contribution in [-0.2, 0) is 24.5 Å². The van der Waals surface area contributed by atoms with E-state index in [-0.39, 0.29) is 25.5 Å². The molecule has 0 unspecified atom stereocenters. The number of benzene rings is 3. The number of imidazole rings is 1. The number of nitrogens with zero attached hydrogens (tertiary/aromatic N) is 5. The molecule has 1 amide bonds. The molecule has 15 nitrogen and oxygen atoms in total. The minimum Gasteiger partial charge on any atom is -0.497 e. The van der Waals surface area contributed by atoms with Gasteiger partial charge in [-0.2, -0.15) is 5.26 Å². The SMILES string of the molecule is COc1ccc(C(OC[C@H]2O[C@@H](n3cnc4c(N)ncnc43)[C@H](OCCCCCNC(=O)OCCC#N)[C@@H]2O)(c2ccccc2)c2ccc(OC)cc2)cc1. The number of nitriles is 1. The van der Waals surface area contributed by atoms with Crippen LogP contribution in [0.15, 0.2) is 91.5 Å². The summed E-state index contributed by atoms with van der Waals surface area (Å²) >= 11 is 0. The molecule has 55 heavy (non-hydrogen) atoms. The Hall–Kier alpha value is -5.79. The van der Waals surface area contributed by atoms with Crippen LogP contribution in [-0.4, -0.2) is 89.6 Å². The molecule has 0 aliphatic carbocycles. The minimum absolute atomic E-state index is 0.0373. The normalized spacial score (nSPS) is 18.1. The lowest BCUT2D eigenvalue weighted by Gasteiger charge is -2.37. The van der Waals surface area contributed by atoms with E-state index in [4.69, 9.17) is 39.4 Å². The first-order valence-electron chi connectivity index (χ1n) is 18.0. The average molecular weight is 752 g/mol. The fraction of sp³-hybridized carbons (Fsp3) is 0.375. The number of alkyl carbamates (subject to hydrolysis) is 1. The van der Waals surface area contributed by atoms with Gasteiger partial charge in [-0.25, -0.2) is 19.7 Å². The standard InChI is InChI=1S/C40H45N7O8/c1-50-30-16-12-28(13-17-30)40(27-10-5-3-6-11-27,29-14-18-31(51-2)19-15-29)54-24-32-34(48)35(52-22-8-4-7-21-43-39(49)53-23-9-20-41)38(55-32)47-26-46-33-36(42)44-25-45-37(33)47/h3,5-6,10-19,25-26,32,34-35,38,48H,4,7-9,21-24H2,1-2H3,(H,43,49)(H2,42,44,45)/t32-,34-,35-,38-/m1/s1. The van der Waals surface area contributed by atoms with Gasteiger partial charge in [0.05, 0.1) is 39.6 Å². The number of unbranched alkanes of at least 4 members (excludes halogenated alkanes) is 2. The highest BCUT2D eigenvalue weighted by atomic mass is 16.6. The molecular formula is C40H45N7O8. The molecule has 288 valence electrons. The number of fused-ring (bicyclic) bond motifs is 1. The zero-order chi connectivity index (χ0) is 38.6. The zero-order valence-electron chi connectivity index (χ0n) is 30.7. The van der Waals surface area contributed by atoms with E-state index in [2.05, 4.69) is 20.3 Å². The topological polar surface area (TPSA) is 198 Å². The van der Waals surface area contributed by atoms with E-state index in [1.165, 1.54) is 6.33 Å². The molecule has 3 aromatic carbocycles. The van der Waals surface area contributed by atoms with E-state index in [0.29, 0.717) is 48.7 Å². The van der Waals surface area contributed by atoms with Crippen molar-refractivity contribution in [3.05, 3.63) is 108 Å². The van der Waals surface area contributed by atoms with Crippen LogP contribution in [0.3, 0.4) is 0 Å². The van der Waals surface area contributed by atoms with Gasteiger partial charge in [-0.05, 0) is 60.2 Å². The van der Waals surface area contributed by atoms with Crippen molar-refractivity contribution in [3.63, 3.8) is 0 Å². The fourth-order valence-electron chi connectivity index (χ4n) is 6.65. The van der Waals surface area contributed by atoms with Gasteiger partial charge in [-0.15, -0.1) is 0 Å². The second kappa shape index (κ2) is 18.5. The molecule has 15 heteroatoms. The first kappa shape index (κ1) is 38.9. The van der Waals surface area contributed by atoms with E-state index in [1.807, 2.05) is 84.9 Å². The van der Waals surface area contributed by atoms with E-state index >= 15 is 0 Å². The number of hydrogen-bond donors (Lipinski definition) is 3. The molecule has 6 rings (SSSR count). The largest absolute Gasteiger partial charge is 0.497 e. The summed E-state index contributed by atoms with van der Waals surface area (Å²) in [6.07, 6.45) is 0.930. The van der Waals surface area contributed by atoms with Gasteiger partial charge in [0, 0.05) is 13.2 Å². The summed E-state index contributed by atoms with van der Waals surface area (Å²) in [7, 11) is 3.24. The minimum atomic E-state index is -1.14. The molecule has 0 bridgehead atoms. The molecule has 1 fully saturated rings. The van der Waals surface area contributed by atoms with Crippen molar-refractivity contribution in [2.75, 3.05) is 46.3 Å². The van der Waals surface area contributed by atoms with Gasteiger partial charge in [0.25, 0.3) is 0 Å². The number of methoxy groups -OCH3 is 2. The average Bonchev–Trinajstić information content (AvgIpc) is 3.79. The number of anilines is 1. The van der Waals surface area contributed by atoms with Gasteiger partial charge < -0.3 is 44.6 Å². The number of aliphatic hydroxyl groups excluding tert-OH is 1. The first-order valence-corrected chi connectivity index (χ1v) is 18.0. The van der Waals surface area contributed by atoms with Crippen LogP contribution in [0.1, 0.15) is 48.6 Å². The predicted octanol–water partition coefficient (Wildman–Crippen LogP) is 4.89. The lowest BCUT2D eigenvalue weighted by atomic mass is 9.80. The van der Waals surface area contributed by atoms with E-state index in [0.717, 1.165) is 23.1 Å². The highest BCUT2D eigenvalue weighted by molar-refractivity contribution is 5.81. The Balaban J connectivity index is 1.25. The Bertz CT molecular complexity index is 1970. The Morgan fingerprint density at radius 2 is 1.60 bits per heavy atom. The van der Waals surface area contributed by atoms with Crippen molar-refractivity contribution >= 4 is 23.1 Å². The Morgan fingerprint density at radius 3 is 2.25 bits per heavy atom. The molecular weight excluding hydrogens is 706 g/mol. The summed E-state index contributed by atoms with van der Waals surface area (Å²) < 4.78 is 37.7. The molecule has 4 atom stereocenters. The molecule has 4 N–H and O–H groups in total. The number of nitrogen functional groups attached to an aromatic ring is 1. The van der Waals surface area contributed by atoms with Gasteiger partial charge in [0.1, 0.15) is 53.9 Å². The van der Waals surface area contributed by atoms with E-state index < -0.39 is 36.2 Å². The summed E-state index contributed by atoms with van der Waals surface area (Å²) in [4.78, 5) is 24.7. The second-order valence-corrected chi connectivity index (χ2v) is 12.8. The second-order valence-electron chi connectivity index (χ2n) is 12.8. The number of carbonyl (C=O) groups excluding carboxylic acids is 1. The van der Waals surface area contributed by atoms with Gasteiger partial charge in [-0.3, -0.25) is 4.57 Å². The molecule has 1 aliphatic heterocycles. The Labute approximate surface area is 318 Å². The molecule has 5 aromatic rings. The molecule has 2 aromatic heterocycles. The van der Waals surface area contributed by atoms with Crippen LogP contribution in [0.25, 0.3) is 11.2 Å². The number of aromatic nitrogens is 4. The number of nitrogens with two attached hydrogens (primary N) is 1. The highest BCUT2D eigenvalue weighted by Crippen LogP contribution is 2.43. The van der Waals surface area contributed by atoms with Crippen LogP contribution < -0.4 is 20.5 Å². The zero-order valence-corrected chi connectivity index (χ0v) is 30.7. The van der Waals surface area contributed by atoms with Crippen molar-refractivity contribution in [3.8, 4) is 17.6 Å².